The number of nitrogen functional groups attached to an aromatic ring is 1. The fourth-order valence-corrected chi connectivity index (χ4v) is 3.87. The Morgan fingerprint density at radius 3 is 2.80 bits per heavy atom. The van der Waals surface area contributed by atoms with Crippen molar-refractivity contribution in [1.29, 1.82) is 0 Å². The molecule has 0 amide bonds. The van der Waals surface area contributed by atoms with Crippen molar-refractivity contribution in [2.24, 2.45) is 13.0 Å². The van der Waals surface area contributed by atoms with Gasteiger partial charge in [-0.05, 0) is 25.0 Å². The Bertz CT molecular complexity index is 878. The highest BCUT2D eigenvalue weighted by Crippen LogP contribution is 2.28. The molecule has 1 fully saturated rings. The maximum atomic E-state index is 5.83. The molecule has 0 spiro atoms. The molecular weight excluding hydrogens is 338 g/mol. The zero-order valence-electron chi connectivity index (χ0n) is 14.3. The van der Waals surface area contributed by atoms with Crippen molar-refractivity contribution in [3.63, 3.8) is 0 Å². The molecule has 0 atom stereocenters. The summed E-state index contributed by atoms with van der Waals surface area (Å²) in [5.74, 6) is 2.78. The van der Waals surface area contributed by atoms with Crippen molar-refractivity contribution >= 4 is 34.7 Å². The topological polar surface area (TPSA) is 114 Å². The fourth-order valence-electron chi connectivity index (χ4n) is 3.37. The van der Waals surface area contributed by atoms with Crippen LogP contribution in [0.5, 0.6) is 0 Å². The highest BCUT2D eigenvalue weighted by atomic mass is 32.2. The third-order valence-electron chi connectivity index (χ3n) is 4.78. The van der Waals surface area contributed by atoms with Crippen LogP contribution in [0.2, 0.25) is 0 Å². The molecule has 3 aromatic rings. The van der Waals surface area contributed by atoms with Crippen molar-refractivity contribution in [1.82, 2.24) is 34.7 Å². The quantitative estimate of drug-likeness (QED) is 0.669. The third-order valence-corrected chi connectivity index (χ3v) is 5.50. The van der Waals surface area contributed by atoms with Gasteiger partial charge in [0, 0.05) is 26.6 Å². The lowest BCUT2D eigenvalue weighted by molar-refractivity contribution is 0.391. The number of rotatable bonds is 4. The Morgan fingerprint density at radius 1 is 1.28 bits per heavy atom. The van der Waals surface area contributed by atoms with Gasteiger partial charge in [0.25, 0.3) is 0 Å². The molecule has 9 nitrogen and oxygen atoms in total. The Balaban J connectivity index is 1.46. The van der Waals surface area contributed by atoms with E-state index in [1.165, 1.54) is 0 Å². The number of imidazole rings is 1. The van der Waals surface area contributed by atoms with Gasteiger partial charge in [-0.25, -0.2) is 4.98 Å². The van der Waals surface area contributed by atoms with Crippen LogP contribution in [0, 0.1) is 5.92 Å². The van der Waals surface area contributed by atoms with E-state index in [1.807, 2.05) is 13.3 Å². The Kier molecular flexibility index (Phi) is 4.20. The first-order valence-corrected chi connectivity index (χ1v) is 9.52. The van der Waals surface area contributed by atoms with Crippen LogP contribution >= 0.6 is 11.8 Å². The molecule has 0 saturated carbocycles. The van der Waals surface area contributed by atoms with Crippen molar-refractivity contribution < 1.29 is 0 Å². The first-order valence-electron chi connectivity index (χ1n) is 8.29. The molecule has 132 valence electrons. The van der Waals surface area contributed by atoms with E-state index in [-0.39, 0.29) is 5.95 Å². The normalized spacial score (nSPS) is 16.0. The summed E-state index contributed by atoms with van der Waals surface area (Å²) >= 11 is 1.62. The second kappa shape index (κ2) is 6.51. The minimum atomic E-state index is 0.264. The van der Waals surface area contributed by atoms with E-state index < -0.39 is 0 Å². The van der Waals surface area contributed by atoms with Gasteiger partial charge in [0.05, 0.1) is 6.33 Å². The maximum Gasteiger partial charge on any atom is 0.224 e. The van der Waals surface area contributed by atoms with Crippen LogP contribution < -0.4 is 10.6 Å². The molecule has 1 aliphatic rings. The number of anilines is 2. The maximum absolute atomic E-state index is 5.83. The number of aromatic amines is 1. The first kappa shape index (κ1) is 16.1. The van der Waals surface area contributed by atoms with Crippen molar-refractivity contribution in [2.45, 2.75) is 24.4 Å². The summed E-state index contributed by atoms with van der Waals surface area (Å²) < 4.78 is 2.09. The summed E-state index contributed by atoms with van der Waals surface area (Å²) in [6, 6.07) is 0. The van der Waals surface area contributed by atoms with Crippen molar-refractivity contribution in [3.05, 3.63) is 12.2 Å². The summed E-state index contributed by atoms with van der Waals surface area (Å²) in [7, 11) is 2.04. The first-order chi connectivity index (χ1) is 12.2. The van der Waals surface area contributed by atoms with E-state index in [2.05, 4.69) is 39.6 Å². The van der Waals surface area contributed by atoms with Crippen molar-refractivity contribution in [2.75, 3.05) is 30.0 Å². The average Bonchev–Trinajstić information content (AvgIpc) is 3.22. The smallest absolute Gasteiger partial charge is 0.224 e. The second-order valence-corrected chi connectivity index (χ2v) is 7.08. The number of thioether (sulfide) groups is 1. The lowest BCUT2D eigenvalue weighted by Gasteiger charge is -2.32. The molecule has 25 heavy (non-hydrogen) atoms. The molecule has 0 radical (unpaired) electrons. The van der Waals surface area contributed by atoms with Gasteiger partial charge in [0.1, 0.15) is 11.3 Å². The fraction of sp³-hybridized carbons (Fsp3) is 0.533. The molecule has 3 aromatic heterocycles. The number of hydrogen-bond acceptors (Lipinski definition) is 8. The van der Waals surface area contributed by atoms with Crippen LogP contribution in [0.15, 0.2) is 11.5 Å². The number of hydrogen-bond donors (Lipinski definition) is 2. The predicted molar refractivity (Wildman–Crippen MR) is 97.5 cm³/mol. The van der Waals surface area contributed by atoms with Gasteiger partial charge in [0.15, 0.2) is 16.6 Å². The summed E-state index contributed by atoms with van der Waals surface area (Å²) in [5, 5.41) is 9.52. The number of nitrogens with two attached hydrogens (primary N) is 1. The minimum Gasteiger partial charge on any atom is -0.368 e. The van der Waals surface area contributed by atoms with Gasteiger partial charge >= 0.3 is 0 Å². The monoisotopic (exact) mass is 359 g/mol. The highest BCUT2D eigenvalue weighted by Gasteiger charge is 2.24. The van der Waals surface area contributed by atoms with Crippen LogP contribution in [-0.4, -0.2) is 54.0 Å². The predicted octanol–water partition coefficient (Wildman–Crippen LogP) is 1.24. The lowest BCUT2D eigenvalue weighted by Crippen LogP contribution is -2.35. The van der Waals surface area contributed by atoms with Crippen LogP contribution in [0.3, 0.4) is 0 Å². The van der Waals surface area contributed by atoms with Gasteiger partial charge in [0.2, 0.25) is 5.95 Å². The highest BCUT2D eigenvalue weighted by molar-refractivity contribution is 7.98. The van der Waals surface area contributed by atoms with E-state index in [0.29, 0.717) is 11.6 Å². The van der Waals surface area contributed by atoms with E-state index >= 15 is 0 Å². The molecule has 3 N–H and O–H groups in total. The molecule has 4 rings (SSSR count). The summed E-state index contributed by atoms with van der Waals surface area (Å²) in [5.41, 5.74) is 7.30. The number of fused-ring (bicyclic) bond motifs is 1. The Labute approximate surface area is 149 Å². The van der Waals surface area contributed by atoms with Crippen LogP contribution in [0.25, 0.3) is 11.2 Å². The summed E-state index contributed by atoms with van der Waals surface area (Å²) in [6.07, 6.45) is 6.79. The molecule has 1 aliphatic heterocycles. The summed E-state index contributed by atoms with van der Waals surface area (Å²) in [4.78, 5) is 18.2. The van der Waals surface area contributed by atoms with Crippen molar-refractivity contribution in [3.8, 4) is 0 Å². The number of nitrogens with one attached hydrogen (secondary N) is 1. The van der Waals surface area contributed by atoms with E-state index in [0.717, 1.165) is 54.7 Å². The third kappa shape index (κ3) is 3.01. The zero-order chi connectivity index (χ0) is 17.4. The van der Waals surface area contributed by atoms with Gasteiger partial charge in [-0.3, -0.25) is 0 Å². The number of aromatic nitrogens is 7. The molecule has 10 heteroatoms. The second-order valence-electron chi connectivity index (χ2n) is 6.30. The minimum absolute atomic E-state index is 0.264. The molecule has 0 unspecified atom stereocenters. The molecule has 4 heterocycles. The van der Waals surface area contributed by atoms with Gasteiger partial charge in [-0.2, -0.15) is 9.97 Å². The van der Waals surface area contributed by atoms with E-state index in [9.17, 15) is 0 Å². The van der Waals surface area contributed by atoms with Gasteiger partial charge in [-0.15, -0.1) is 10.2 Å². The molecule has 0 aliphatic carbocycles. The number of H-pyrrole nitrogens is 1. The number of nitrogens with zero attached hydrogens (tertiary/aromatic N) is 7. The zero-order valence-corrected chi connectivity index (χ0v) is 15.1. The summed E-state index contributed by atoms with van der Waals surface area (Å²) in [6.45, 7) is 1.87. The van der Waals surface area contributed by atoms with E-state index in [4.69, 9.17) is 5.73 Å². The Hall–Kier alpha value is -2.36. The molecule has 0 bridgehead atoms. The molecule has 1 saturated heterocycles. The Morgan fingerprint density at radius 2 is 2.08 bits per heavy atom. The van der Waals surface area contributed by atoms with Gasteiger partial charge < -0.3 is 20.2 Å². The van der Waals surface area contributed by atoms with E-state index in [1.54, 1.807) is 18.1 Å². The van der Waals surface area contributed by atoms with Gasteiger partial charge in [-0.1, -0.05) is 11.8 Å². The van der Waals surface area contributed by atoms with Crippen LogP contribution in [0.4, 0.5) is 11.8 Å². The lowest BCUT2D eigenvalue weighted by atomic mass is 9.93. The SMILES string of the molecule is CSc1nnc(CC2CCN(c3nc(N)nc4nc[nH]c34)CC2)n1C. The number of piperidine rings is 1. The molecular formula is C15H21N9S. The molecule has 0 aromatic carbocycles. The largest absolute Gasteiger partial charge is 0.368 e. The van der Waals surface area contributed by atoms with Crippen LogP contribution in [-0.2, 0) is 13.5 Å². The average molecular weight is 359 g/mol. The standard InChI is InChI=1S/C15H21N9S/c1-23-10(21-22-15(23)25-2)7-9-3-5-24(6-4-9)13-11-12(18-8-17-11)19-14(16)20-13/h8-9H,3-7H2,1-2H3,(H3,16,17,18,19,20). The van der Waals surface area contributed by atoms with Crippen LogP contribution in [0.1, 0.15) is 18.7 Å².